The van der Waals surface area contributed by atoms with Crippen LogP contribution in [0.3, 0.4) is 0 Å². The SMILES string of the molecule is C[C@@H](Oc1ccc(C#N)cc1)C(=O)N/N=C\c1sc(N2CCCCC2)nc1Cl. The maximum absolute atomic E-state index is 12.1. The number of carbonyl (C=O) groups is 1. The molecule has 1 saturated heterocycles. The lowest BCUT2D eigenvalue weighted by Gasteiger charge is -2.25. The Morgan fingerprint density at radius 3 is 2.79 bits per heavy atom. The van der Waals surface area contributed by atoms with Crippen LogP contribution in [0.25, 0.3) is 0 Å². The Labute approximate surface area is 172 Å². The van der Waals surface area contributed by atoms with Gasteiger partial charge in [0.2, 0.25) is 0 Å². The van der Waals surface area contributed by atoms with Gasteiger partial charge in [-0.3, -0.25) is 4.79 Å². The highest BCUT2D eigenvalue weighted by atomic mass is 35.5. The molecule has 0 saturated carbocycles. The summed E-state index contributed by atoms with van der Waals surface area (Å²) in [6.45, 7) is 3.60. The van der Waals surface area contributed by atoms with E-state index in [-0.39, 0.29) is 0 Å². The Morgan fingerprint density at radius 2 is 2.11 bits per heavy atom. The molecule has 1 aliphatic heterocycles. The molecule has 1 aromatic heterocycles. The van der Waals surface area contributed by atoms with E-state index in [0.29, 0.717) is 21.3 Å². The number of halogens is 1. The molecule has 0 spiro atoms. The highest BCUT2D eigenvalue weighted by Gasteiger charge is 2.17. The molecular weight excluding hydrogens is 398 g/mol. The van der Waals surface area contributed by atoms with Crippen LogP contribution in [-0.4, -0.2) is 36.3 Å². The molecule has 1 aliphatic rings. The van der Waals surface area contributed by atoms with Crippen LogP contribution in [0.1, 0.15) is 36.6 Å². The summed E-state index contributed by atoms with van der Waals surface area (Å²) in [6.07, 6.45) is 4.33. The van der Waals surface area contributed by atoms with Gasteiger partial charge < -0.3 is 9.64 Å². The van der Waals surface area contributed by atoms with Crippen molar-refractivity contribution in [1.29, 1.82) is 5.26 Å². The predicted molar refractivity (Wildman–Crippen MR) is 110 cm³/mol. The molecule has 1 atom stereocenters. The number of anilines is 1. The third-order valence-electron chi connectivity index (χ3n) is 4.25. The number of rotatable bonds is 6. The van der Waals surface area contributed by atoms with Crippen molar-refractivity contribution < 1.29 is 9.53 Å². The van der Waals surface area contributed by atoms with E-state index in [2.05, 4.69) is 20.4 Å². The standard InChI is InChI=1S/C19H20ClN5O2S/c1-13(27-15-7-5-14(11-21)6-8-15)18(26)24-22-12-16-17(20)23-19(28-16)25-9-3-2-4-10-25/h5-8,12-13H,2-4,9-10H2,1H3,(H,24,26)/b22-12-/t13-/m1/s1. The molecule has 1 amide bonds. The van der Waals surface area contributed by atoms with E-state index < -0.39 is 12.0 Å². The number of nitrogens with one attached hydrogen (secondary N) is 1. The molecule has 3 rings (SSSR count). The number of ether oxygens (including phenoxy) is 1. The van der Waals surface area contributed by atoms with Crippen LogP contribution >= 0.6 is 22.9 Å². The molecule has 7 nitrogen and oxygen atoms in total. The minimum absolute atomic E-state index is 0.380. The summed E-state index contributed by atoms with van der Waals surface area (Å²) in [5.74, 6) is 0.111. The van der Waals surface area contributed by atoms with Gasteiger partial charge in [0.15, 0.2) is 16.4 Å². The minimum Gasteiger partial charge on any atom is -0.481 e. The lowest BCUT2D eigenvalue weighted by molar-refractivity contribution is -0.127. The molecule has 0 bridgehead atoms. The van der Waals surface area contributed by atoms with Gasteiger partial charge in [-0.15, -0.1) is 0 Å². The van der Waals surface area contributed by atoms with Gasteiger partial charge in [-0.25, -0.2) is 10.4 Å². The fraction of sp³-hybridized carbons (Fsp3) is 0.368. The smallest absolute Gasteiger partial charge is 0.280 e. The van der Waals surface area contributed by atoms with Crippen molar-refractivity contribution in [3.8, 4) is 11.8 Å². The van der Waals surface area contributed by atoms with Crippen LogP contribution < -0.4 is 15.1 Å². The Morgan fingerprint density at radius 1 is 1.39 bits per heavy atom. The number of nitriles is 1. The summed E-state index contributed by atoms with van der Waals surface area (Å²) in [4.78, 5) is 19.5. The van der Waals surface area contributed by atoms with Gasteiger partial charge in [-0.1, -0.05) is 22.9 Å². The van der Waals surface area contributed by atoms with Gasteiger partial charge in [0.1, 0.15) is 5.75 Å². The zero-order valence-electron chi connectivity index (χ0n) is 15.4. The topological polar surface area (TPSA) is 90.6 Å². The fourth-order valence-corrected chi connectivity index (χ4v) is 3.89. The number of hydrazone groups is 1. The number of amides is 1. The molecule has 0 aliphatic carbocycles. The number of thiazole rings is 1. The monoisotopic (exact) mass is 417 g/mol. The maximum Gasteiger partial charge on any atom is 0.280 e. The van der Waals surface area contributed by atoms with Crippen LogP contribution in [0, 0.1) is 11.3 Å². The molecule has 0 radical (unpaired) electrons. The molecule has 28 heavy (non-hydrogen) atoms. The number of piperidine rings is 1. The summed E-state index contributed by atoms with van der Waals surface area (Å²) < 4.78 is 5.55. The highest BCUT2D eigenvalue weighted by molar-refractivity contribution is 7.17. The quantitative estimate of drug-likeness (QED) is 0.573. The van der Waals surface area contributed by atoms with E-state index in [4.69, 9.17) is 21.6 Å². The van der Waals surface area contributed by atoms with Gasteiger partial charge in [-0.2, -0.15) is 10.4 Å². The van der Waals surface area contributed by atoms with Gasteiger partial charge in [0.05, 0.1) is 22.7 Å². The molecule has 1 fully saturated rings. The van der Waals surface area contributed by atoms with E-state index in [1.807, 2.05) is 6.07 Å². The molecular formula is C19H20ClN5O2S. The normalized spacial score (nSPS) is 15.2. The number of aromatic nitrogens is 1. The van der Waals surface area contributed by atoms with Crippen molar-refractivity contribution in [2.75, 3.05) is 18.0 Å². The van der Waals surface area contributed by atoms with Crippen molar-refractivity contribution in [2.24, 2.45) is 5.10 Å². The van der Waals surface area contributed by atoms with Crippen molar-refractivity contribution in [2.45, 2.75) is 32.3 Å². The highest BCUT2D eigenvalue weighted by Crippen LogP contribution is 2.30. The first-order valence-corrected chi connectivity index (χ1v) is 10.2. The summed E-state index contributed by atoms with van der Waals surface area (Å²) in [5, 5.41) is 14.0. The van der Waals surface area contributed by atoms with Gasteiger partial charge in [-0.05, 0) is 50.5 Å². The van der Waals surface area contributed by atoms with E-state index in [9.17, 15) is 4.79 Å². The third kappa shape index (κ3) is 5.21. The number of benzene rings is 1. The Balaban J connectivity index is 1.53. The first-order chi connectivity index (χ1) is 13.6. The van der Waals surface area contributed by atoms with Gasteiger partial charge >= 0.3 is 0 Å². The lowest BCUT2D eigenvalue weighted by Crippen LogP contribution is -2.33. The molecule has 2 aromatic rings. The second kappa shape index (κ2) is 9.53. The molecule has 146 valence electrons. The molecule has 1 N–H and O–H groups in total. The predicted octanol–water partition coefficient (Wildman–Crippen LogP) is 3.58. The molecule has 0 unspecified atom stereocenters. The van der Waals surface area contributed by atoms with Crippen LogP contribution in [0.2, 0.25) is 5.15 Å². The van der Waals surface area contributed by atoms with E-state index in [1.54, 1.807) is 31.2 Å². The van der Waals surface area contributed by atoms with Crippen molar-refractivity contribution in [1.82, 2.24) is 10.4 Å². The summed E-state index contributed by atoms with van der Waals surface area (Å²) in [6, 6.07) is 8.57. The summed E-state index contributed by atoms with van der Waals surface area (Å²) >= 11 is 7.65. The molecule has 2 heterocycles. The first kappa shape index (κ1) is 20.1. The average molecular weight is 418 g/mol. The van der Waals surface area contributed by atoms with Crippen molar-refractivity contribution in [3.05, 3.63) is 39.9 Å². The Kier molecular flexibility index (Phi) is 6.85. The van der Waals surface area contributed by atoms with Crippen LogP contribution in [0.5, 0.6) is 5.75 Å². The number of nitrogens with zero attached hydrogens (tertiary/aromatic N) is 4. The van der Waals surface area contributed by atoms with Crippen LogP contribution in [0.15, 0.2) is 29.4 Å². The van der Waals surface area contributed by atoms with Crippen molar-refractivity contribution in [3.63, 3.8) is 0 Å². The summed E-state index contributed by atoms with van der Waals surface area (Å²) in [5.41, 5.74) is 2.98. The van der Waals surface area contributed by atoms with Gasteiger partial charge in [0, 0.05) is 13.1 Å². The second-order valence-electron chi connectivity index (χ2n) is 6.33. The third-order valence-corrected chi connectivity index (χ3v) is 5.70. The minimum atomic E-state index is -0.745. The van der Waals surface area contributed by atoms with Gasteiger partial charge in [0.25, 0.3) is 5.91 Å². The van der Waals surface area contributed by atoms with E-state index >= 15 is 0 Å². The summed E-state index contributed by atoms with van der Waals surface area (Å²) in [7, 11) is 0. The number of carbonyl (C=O) groups excluding carboxylic acids is 1. The first-order valence-electron chi connectivity index (χ1n) is 8.98. The van der Waals surface area contributed by atoms with Crippen LogP contribution in [-0.2, 0) is 4.79 Å². The second-order valence-corrected chi connectivity index (χ2v) is 7.70. The molecule has 9 heteroatoms. The lowest BCUT2D eigenvalue weighted by atomic mass is 10.1. The number of hydrogen-bond acceptors (Lipinski definition) is 7. The largest absolute Gasteiger partial charge is 0.481 e. The Bertz CT molecular complexity index is 885. The zero-order valence-corrected chi connectivity index (χ0v) is 17.0. The van der Waals surface area contributed by atoms with Crippen molar-refractivity contribution >= 4 is 40.2 Å². The average Bonchev–Trinajstić information content (AvgIpc) is 3.09. The van der Waals surface area contributed by atoms with Crippen LogP contribution in [0.4, 0.5) is 5.13 Å². The zero-order chi connectivity index (χ0) is 19.9. The Hall–Kier alpha value is -2.63. The van der Waals surface area contributed by atoms with E-state index in [0.717, 1.165) is 31.1 Å². The number of hydrogen-bond donors (Lipinski definition) is 1. The van der Waals surface area contributed by atoms with E-state index in [1.165, 1.54) is 24.0 Å². The molecule has 1 aromatic carbocycles. The maximum atomic E-state index is 12.1. The fourth-order valence-electron chi connectivity index (χ4n) is 2.71.